The Labute approximate surface area is 153 Å². The van der Waals surface area contributed by atoms with Crippen LogP contribution in [0, 0.1) is 6.92 Å². The molecule has 132 valence electrons. The molecule has 0 aliphatic heterocycles. The third-order valence-corrected chi connectivity index (χ3v) is 4.75. The molecule has 0 saturated carbocycles. The van der Waals surface area contributed by atoms with Gasteiger partial charge in [0.1, 0.15) is 22.9 Å². The zero-order chi connectivity index (χ0) is 18.1. The predicted molar refractivity (Wildman–Crippen MR) is 108 cm³/mol. The Morgan fingerprint density at radius 2 is 1.77 bits per heavy atom. The van der Waals surface area contributed by atoms with Crippen molar-refractivity contribution in [3.8, 4) is 17.0 Å². The number of nitrogens with one attached hydrogen (secondary N) is 1. The van der Waals surface area contributed by atoms with Gasteiger partial charge >= 0.3 is 0 Å². The van der Waals surface area contributed by atoms with Crippen LogP contribution in [0.4, 0.5) is 5.82 Å². The van der Waals surface area contributed by atoms with Crippen LogP contribution in [-0.4, -0.2) is 23.0 Å². The second-order valence-electron chi connectivity index (χ2n) is 6.49. The van der Waals surface area contributed by atoms with Crippen molar-refractivity contribution in [3.63, 3.8) is 0 Å². The summed E-state index contributed by atoms with van der Waals surface area (Å²) in [7, 11) is 1.71. The van der Waals surface area contributed by atoms with E-state index < -0.39 is 0 Å². The van der Waals surface area contributed by atoms with Gasteiger partial charge in [-0.25, -0.2) is 4.98 Å². The molecular formula is C22H23N3O. The van der Waals surface area contributed by atoms with E-state index >= 15 is 0 Å². The number of aryl methyl sites for hydroxylation is 1. The molecule has 0 fully saturated rings. The molecular weight excluding hydrogens is 322 g/mol. The number of aromatic nitrogens is 2. The standard InChI is InChI=1S/C22H23N3O/c1-4-13-23-22-20(16-10-6-5-9-15(16)2)24-21-18-12-8-7-11-17(18)19(26-3)14-25(21)22/h5-12,14,23H,4,13H2,1-3H3. The van der Waals surface area contributed by atoms with Gasteiger partial charge in [0, 0.05) is 22.9 Å². The van der Waals surface area contributed by atoms with Crippen molar-refractivity contribution in [2.45, 2.75) is 20.3 Å². The van der Waals surface area contributed by atoms with Gasteiger partial charge in [-0.3, -0.25) is 4.40 Å². The van der Waals surface area contributed by atoms with Gasteiger partial charge in [0.15, 0.2) is 0 Å². The van der Waals surface area contributed by atoms with Gasteiger partial charge in [0.05, 0.1) is 13.3 Å². The average Bonchev–Trinajstić information content (AvgIpc) is 3.04. The topological polar surface area (TPSA) is 38.6 Å². The van der Waals surface area contributed by atoms with E-state index in [9.17, 15) is 0 Å². The molecule has 0 saturated heterocycles. The van der Waals surface area contributed by atoms with Gasteiger partial charge in [-0.05, 0) is 18.9 Å². The molecule has 4 heteroatoms. The van der Waals surface area contributed by atoms with Crippen LogP contribution in [0.2, 0.25) is 0 Å². The van der Waals surface area contributed by atoms with Crippen LogP contribution < -0.4 is 10.1 Å². The van der Waals surface area contributed by atoms with Crippen LogP contribution in [-0.2, 0) is 0 Å². The second-order valence-corrected chi connectivity index (χ2v) is 6.49. The highest BCUT2D eigenvalue weighted by atomic mass is 16.5. The maximum Gasteiger partial charge on any atom is 0.147 e. The van der Waals surface area contributed by atoms with Crippen LogP contribution in [0.1, 0.15) is 18.9 Å². The molecule has 0 unspecified atom stereocenters. The summed E-state index contributed by atoms with van der Waals surface area (Å²) in [4.78, 5) is 5.05. The number of pyridine rings is 1. The lowest BCUT2D eigenvalue weighted by Crippen LogP contribution is -2.04. The fraction of sp³-hybridized carbons (Fsp3) is 0.227. The van der Waals surface area contributed by atoms with Crippen molar-refractivity contribution in [2.75, 3.05) is 19.0 Å². The van der Waals surface area contributed by atoms with Gasteiger partial charge in [-0.1, -0.05) is 55.5 Å². The Hall–Kier alpha value is -3.01. The predicted octanol–water partition coefficient (Wildman–Crippen LogP) is 5.29. The zero-order valence-corrected chi connectivity index (χ0v) is 15.4. The normalized spacial score (nSPS) is 11.2. The lowest BCUT2D eigenvalue weighted by atomic mass is 10.1. The molecule has 2 aromatic heterocycles. The Bertz CT molecular complexity index is 1080. The maximum absolute atomic E-state index is 5.66. The Morgan fingerprint density at radius 1 is 1.04 bits per heavy atom. The van der Waals surface area contributed by atoms with Gasteiger partial charge in [-0.15, -0.1) is 0 Å². The number of fused-ring (bicyclic) bond motifs is 3. The van der Waals surface area contributed by atoms with Crippen molar-refractivity contribution in [2.24, 2.45) is 0 Å². The summed E-state index contributed by atoms with van der Waals surface area (Å²) in [6.45, 7) is 5.18. The average molecular weight is 345 g/mol. The number of rotatable bonds is 5. The van der Waals surface area contributed by atoms with Crippen LogP contribution in [0.3, 0.4) is 0 Å². The molecule has 0 spiro atoms. The number of anilines is 1. The molecule has 2 heterocycles. The summed E-state index contributed by atoms with van der Waals surface area (Å²) < 4.78 is 7.78. The van der Waals surface area contributed by atoms with Crippen LogP contribution in [0.5, 0.6) is 5.75 Å². The second kappa shape index (κ2) is 6.71. The minimum Gasteiger partial charge on any atom is -0.495 e. The van der Waals surface area contributed by atoms with Crippen molar-refractivity contribution >= 4 is 22.2 Å². The largest absolute Gasteiger partial charge is 0.495 e. The van der Waals surface area contributed by atoms with Crippen molar-refractivity contribution in [1.29, 1.82) is 0 Å². The molecule has 1 N–H and O–H groups in total. The monoisotopic (exact) mass is 345 g/mol. The summed E-state index contributed by atoms with van der Waals surface area (Å²) in [6.07, 6.45) is 3.08. The number of methoxy groups -OCH3 is 1. The van der Waals surface area contributed by atoms with Crippen molar-refractivity contribution in [1.82, 2.24) is 9.38 Å². The number of benzene rings is 2. The van der Waals surface area contributed by atoms with Crippen LogP contribution >= 0.6 is 0 Å². The number of nitrogens with zero attached hydrogens (tertiary/aromatic N) is 2. The molecule has 4 aromatic rings. The molecule has 0 amide bonds. The first-order valence-electron chi connectivity index (χ1n) is 9.02. The van der Waals surface area contributed by atoms with Gasteiger partial charge in [0.2, 0.25) is 0 Å². The molecule has 0 aliphatic rings. The molecule has 0 atom stereocenters. The molecule has 0 bridgehead atoms. The minimum absolute atomic E-state index is 0.849. The Morgan fingerprint density at radius 3 is 2.50 bits per heavy atom. The summed E-state index contributed by atoms with van der Waals surface area (Å²) >= 11 is 0. The fourth-order valence-corrected chi connectivity index (χ4v) is 3.43. The lowest BCUT2D eigenvalue weighted by Gasteiger charge is -2.11. The first kappa shape index (κ1) is 16.5. The van der Waals surface area contributed by atoms with Crippen molar-refractivity contribution in [3.05, 3.63) is 60.3 Å². The van der Waals surface area contributed by atoms with Crippen LogP contribution in [0.15, 0.2) is 54.7 Å². The molecule has 26 heavy (non-hydrogen) atoms. The highest BCUT2D eigenvalue weighted by Crippen LogP contribution is 2.36. The van der Waals surface area contributed by atoms with Crippen molar-refractivity contribution < 1.29 is 4.74 Å². The van der Waals surface area contributed by atoms with E-state index in [2.05, 4.69) is 60.0 Å². The van der Waals surface area contributed by atoms with E-state index in [0.29, 0.717) is 0 Å². The summed E-state index contributed by atoms with van der Waals surface area (Å²) in [5, 5.41) is 5.74. The molecule has 2 aromatic carbocycles. The summed E-state index contributed by atoms with van der Waals surface area (Å²) in [5.41, 5.74) is 4.29. The van der Waals surface area contributed by atoms with Gasteiger partial charge in [-0.2, -0.15) is 0 Å². The Kier molecular flexibility index (Phi) is 4.25. The quantitative estimate of drug-likeness (QED) is 0.534. The number of ether oxygens (including phenoxy) is 1. The third kappa shape index (κ3) is 2.58. The van der Waals surface area contributed by atoms with Crippen LogP contribution in [0.25, 0.3) is 27.7 Å². The SMILES string of the molecule is CCCNc1c(-c2ccccc2C)nc2c3ccccc3c(OC)cn12. The third-order valence-electron chi connectivity index (χ3n) is 4.75. The molecule has 4 rings (SSSR count). The van der Waals surface area contributed by atoms with E-state index in [0.717, 1.165) is 52.2 Å². The van der Waals surface area contributed by atoms with E-state index in [4.69, 9.17) is 9.72 Å². The molecule has 4 nitrogen and oxygen atoms in total. The van der Waals surface area contributed by atoms with E-state index in [1.807, 2.05) is 18.3 Å². The first-order valence-corrected chi connectivity index (χ1v) is 9.02. The van der Waals surface area contributed by atoms with Gasteiger partial charge in [0.25, 0.3) is 0 Å². The first-order chi connectivity index (χ1) is 12.7. The minimum atomic E-state index is 0.849. The molecule has 0 aliphatic carbocycles. The smallest absolute Gasteiger partial charge is 0.147 e. The Balaban J connectivity index is 2.09. The number of imidazole rings is 1. The molecule has 0 radical (unpaired) electrons. The lowest BCUT2D eigenvalue weighted by molar-refractivity contribution is 0.417. The van der Waals surface area contributed by atoms with E-state index in [1.54, 1.807) is 7.11 Å². The maximum atomic E-state index is 5.66. The highest BCUT2D eigenvalue weighted by molar-refractivity contribution is 6.00. The number of hydrogen-bond acceptors (Lipinski definition) is 3. The highest BCUT2D eigenvalue weighted by Gasteiger charge is 2.18. The number of hydrogen-bond donors (Lipinski definition) is 1. The summed E-state index contributed by atoms with van der Waals surface area (Å²) in [5.74, 6) is 1.86. The van der Waals surface area contributed by atoms with E-state index in [1.165, 1.54) is 5.56 Å². The summed E-state index contributed by atoms with van der Waals surface area (Å²) in [6, 6.07) is 16.6. The zero-order valence-electron chi connectivity index (χ0n) is 15.4. The fourth-order valence-electron chi connectivity index (χ4n) is 3.43. The van der Waals surface area contributed by atoms with E-state index in [-0.39, 0.29) is 0 Å². The van der Waals surface area contributed by atoms with Gasteiger partial charge < -0.3 is 10.1 Å².